The number of amides is 1. The van der Waals surface area contributed by atoms with Gasteiger partial charge in [-0.2, -0.15) is 5.10 Å². The van der Waals surface area contributed by atoms with Crippen molar-refractivity contribution in [3.8, 4) is 16.9 Å². The number of hydrogen-bond donors (Lipinski definition) is 3. The Morgan fingerprint density at radius 3 is 2.81 bits per heavy atom. The smallest absolute Gasteiger partial charge is 0.248 e. The number of benzene rings is 2. The summed E-state index contributed by atoms with van der Waals surface area (Å²) < 4.78 is 7.53. The molecule has 160 valence electrons. The summed E-state index contributed by atoms with van der Waals surface area (Å²) in [4.78, 5) is 12.3. The molecule has 1 aliphatic heterocycles. The van der Waals surface area contributed by atoms with Crippen molar-refractivity contribution >= 4 is 23.4 Å². The second kappa shape index (κ2) is 9.49. The number of ether oxygens (including phenoxy) is 1. The van der Waals surface area contributed by atoms with E-state index in [1.165, 1.54) is 6.08 Å². The predicted molar refractivity (Wildman–Crippen MR) is 124 cm³/mol. The highest BCUT2D eigenvalue weighted by atomic mass is 16.5. The highest BCUT2D eigenvalue weighted by molar-refractivity contribution is 6.03. The number of carbonyl (C=O) groups excluding carboxylic acids is 1. The number of nitrogen functional groups attached to an aromatic ring is 1. The third-order valence-corrected chi connectivity index (χ3v) is 5.43. The van der Waals surface area contributed by atoms with E-state index in [1.54, 1.807) is 25.3 Å². The Morgan fingerprint density at radius 2 is 2.03 bits per heavy atom. The molecule has 1 fully saturated rings. The highest BCUT2D eigenvalue weighted by Gasteiger charge is 2.16. The van der Waals surface area contributed by atoms with Crippen LogP contribution in [0.4, 0.5) is 11.4 Å². The number of anilines is 2. The van der Waals surface area contributed by atoms with Gasteiger partial charge in [-0.05, 0) is 73.5 Å². The first kappa shape index (κ1) is 20.7. The van der Waals surface area contributed by atoms with E-state index in [2.05, 4.69) is 26.6 Å². The summed E-state index contributed by atoms with van der Waals surface area (Å²) in [6.07, 6.45) is 9.38. The van der Waals surface area contributed by atoms with Gasteiger partial charge in [-0.1, -0.05) is 12.1 Å². The van der Waals surface area contributed by atoms with Crippen molar-refractivity contribution in [1.82, 2.24) is 15.1 Å². The molecule has 3 aromatic rings. The number of nitrogens with one attached hydrogen (secondary N) is 2. The molecule has 2 heterocycles. The van der Waals surface area contributed by atoms with Crippen LogP contribution in [-0.2, 0) is 4.79 Å². The Kier molecular flexibility index (Phi) is 6.33. The molecule has 0 saturated carbocycles. The maximum absolute atomic E-state index is 12.3. The minimum absolute atomic E-state index is 0.249. The maximum Gasteiger partial charge on any atom is 0.248 e. The van der Waals surface area contributed by atoms with Gasteiger partial charge in [-0.3, -0.25) is 9.48 Å². The summed E-state index contributed by atoms with van der Waals surface area (Å²) in [6.45, 7) is 2.04. The number of rotatable bonds is 6. The van der Waals surface area contributed by atoms with Crippen LogP contribution in [0.25, 0.3) is 17.2 Å². The van der Waals surface area contributed by atoms with Crippen molar-refractivity contribution in [3.05, 3.63) is 66.5 Å². The van der Waals surface area contributed by atoms with Gasteiger partial charge in [-0.25, -0.2) is 0 Å². The van der Waals surface area contributed by atoms with Crippen LogP contribution in [0.15, 0.2) is 60.9 Å². The zero-order valence-corrected chi connectivity index (χ0v) is 17.5. The second-order valence-electron chi connectivity index (χ2n) is 7.59. The van der Waals surface area contributed by atoms with Gasteiger partial charge in [0.15, 0.2) is 0 Å². The number of hydrogen-bond acceptors (Lipinski definition) is 5. The Morgan fingerprint density at radius 1 is 1.23 bits per heavy atom. The van der Waals surface area contributed by atoms with Crippen molar-refractivity contribution in [1.29, 1.82) is 0 Å². The van der Waals surface area contributed by atoms with Crippen LogP contribution >= 0.6 is 0 Å². The number of para-hydroxylation sites is 2. The largest absolute Gasteiger partial charge is 0.497 e. The van der Waals surface area contributed by atoms with Crippen LogP contribution in [0, 0.1) is 0 Å². The molecule has 1 aliphatic rings. The van der Waals surface area contributed by atoms with Crippen molar-refractivity contribution in [2.45, 2.75) is 18.9 Å². The number of carbonyl (C=O) groups is 1. The van der Waals surface area contributed by atoms with Crippen LogP contribution in [-0.4, -0.2) is 35.9 Å². The Hall–Kier alpha value is -3.58. The normalized spacial score (nSPS) is 14.6. The first-order chi connectivity index (χ1) is 15.1. The molecule has 1 saturated heterocycles. The molecule has 0 spiro atoms. The van der Waals surface area contributed by atoms with Crippen LogP contribution < -0.4 is 21.1 Å². The number of aromatic nitrogens is 2. The van der Waals surface area contributed by atoms with Crippen molar-refractivity contribution in [2.75, 3.05) is 31.2 Å². The molecule has 0 radical (unpaired) electrons. The standard InChI is InChI=1S/C24H27N5O2/c1-31-21-13-17(6-7-24(30)28-23-5-3-2-4-22(23)25)12-18(14-21)19-15-27-29(16-19)20-8-10-26-11-9-20/h2-7,12-16,20,26H,8-11,25H2,1H3,(H,28,30)/b7-6+. The second-order valence-corrected chi connectivity index (χ2v) is 7.59. The Labute approximate surface area is 181 Å². The number of methoxy groups -OCH3 is 1. The van der Waals surface area contributed by atoms with Gasteiger partial charge in [0, 0.05) is 17.8 Å². The lowest BCUT2D eigenvalue weighted by molar-refractivity contribution is -0.111. The molecule has 2 aromatic carbocycles. The van der Waals surface area contributed by atoms with E-state index in [1.807, 2.05) is 36.5 Å². The summed E-state index contributed by atoms with van der Waals surface area (Å²) in [5.41, 5.74) is 9.88. The molecule has 0 bridgehead atoms. The van der Waals surface area contributed by atoms with E-state index in [0.717, 1.165) is 48.4 Å². The van der Waals surface area contributed by atoms with E-state index in [9.17, 15) is 4.79 Å². The lowest BCUT2D eigenvalue weighted by Gasteiger charge is -2.22. The van der Waals surface area contributed by atoms with Crippen molar-refractivity contribution in [2.24, 2.45) is 0 Å². The topological polar surface area (TPSA) is 94.2 Å². The molecular weight excluding hydrogens is 390 g/mol. The number of piperidine rings is 1. The molecule has 1 amide bonds. The predicted octanol–water partition coefficient (Wildman–Crippen LogP) is 3.72. The van der Waals surface area contributed by atoms with Crippen molar-refractivity contribution < 1.29 is 9.53 Å². The molecule has 1 aromatic heterocycles. The van der Waals surface area contributed by atoms with E-state index in [4.69, 9.17) is 10.5 Å². The maximum atomic E-state index is 12.3. The van der Waals surface area contributed by atoms with Gasteiger partial charge >= 0.3 is 0 Å². The molecular formula is C24H27N5O2. The quantitative estimate of drug-likeness (QED) is 0.420. The van der Waals surface area contributed by atoms with Gasteiger partial charge < -0.3 is 21.1 Å². The molecule has 0 atom stereocenters. The average Bonchev–Trinajstić information content (AvgIpc) is 3.30. The first-order valence-corrected chi connectivity index (χ1v) is 10.4. The summed E-state index contributed by atoms with van der Waals surface area (Å²) in [5, 5.41) is 10.8. The monoisotopic (exact) mass is 417 g/mol. The molecule has 0 aliphatic carbocycles. The van der Waals surface area contributed by atoms with Gasteiger partial charge in [0.2, 0.25) is 5.91 Å². The highest BCUT2D eigenvalue weighted by Crippen LogP contribution is 2.28. The zero-order chi connectivity index (χ0) is 21.6. The first-order valence-electron chi connectivity index (χ1n) is 10.4. The fraction of sp³-hybridized carbons (Fsp3) is 0.250. The van der Waals surface area contributed by atoms with Gasteiger partial charge in [0.25, 0.3) is 0 Å². The van der Waals surface area contributed by atoms with Crippen LogP contribution in [0.1, 0.15) is 24.4 Å². The SMILES string of the molecule is COc1cc(/C=C/C(=O)Nc2ccccc2N)cc(-c2cnn(C3CCNCC3)c2)c1. The summed E-state index contributed by atoms with van der Waals surface area (Å²) in [6, 6.07) is 13.5. The van der Waals surface area contributed by atoms with Crippen LogP contribution in [0.5, 0.6) is 5.75 Å². The van der Waals surface area contributed by atoms with E-state index in [-0.39, 0.29) is 5.91 Å². The lowest BCUT2D eigenvalue weighted by atomic mass is 10.0. The van der Waals surface area contributed by atoms with Crippen molar-refractivity contribution in [3.63, 3.8) is 0 Å². The molecule has 0 unspecified atom stereocenters. The van der Waals surface area contributed by atoms with Crippen LogP contribution in [0.3, 0.4) is 0 Å². The summed E-state index contributed by atoms with van der Waals surface area (Å²) in [7, 11) is 1.63. The molecule has 7 nitrogen and oxygen atoms in total. The Balaban J connectivity index is 1.52. The molecule has 7 heteroatoms. The fourth-order valence-corrected chi connectivity index (χ4v) is 3.72. The van der Waals surface area contributed by atoms with Crippen LogP contribution in [0.2, 0.25) is 0 Å². The van der Waals surface area contributed by atoms with Gasteiger partial charge in [0.1, 0.15) is 5.75 Å². The lowest BCUT2D eigenvalue weighted by Crippen LogP contribution is -2.29. The number of nitrogens with two attached hydrogens (primary N) is 1. The van der Waals surface area contributed by atoms with E-state index < -0.39 is 0 Å². The number of nitrogens with zero attached hydrogens (tertiary/aromatic N) is 2. The molecule has 31 heavy (non-hydrogen) atoms. The zero-order valence-electron chi connectivity index (χ0n) is 17.5. The van der Waals surface area contributed by atoms with E-state index in [0.29, 0.717) is 17.4 Å². The van der Waals surface area contributed by atoms with Gasteiger partial charge in [0.05, 0.1) is 30.7 Å². The minimum Gasteiger partial charge on any atom is -0.497 e. The van der Waals surface area contributed by atoms with E-state index >= 15 is 0 Å². The molecule has 4 rings (SSSR count). The minimum atomic E-state index is -0.249. The Bertz CT molecular complexity index is 1080. The summed E-state index contributed by atoms with van der Waals surface area (Å²) >= 11 is 0. The van der Waals surface area contributed by atoms with Gasteiger partial charge in [-0.15, -0.1) is 0 Å². The average molecular weight is 418 g/mol. The third kappa shape index (κ3) is 5.13. The fourth-order valence-electron chi connectivity index (χ4n) is 3.72. The third-order valence-electron chi connectivity index (χ3n) is 5.43. The summed E-state index contributed by atoms with van der Waals surface area (Å²) in [5.74, 6) is 0.473. The molecule has 4 N–H and O–H groups in total.